The molecule has 0 bridgehead atoms. The van der Waals surface area contributed by atoms with Gasteiger partial charge in [0.05, 0.1) is 11.8 Å². The van der Waals surface area contributed by atoms with Gasteiger partial charge in [-0.15, -0.1) is 0 Å². The maximum absolute atomic E-state index is 13.2. The van der Waals surface area contributed by atoms with Gasteiger partial charge in [-0.1, -0.05) is 42.0 Å². The summed E-state index contributed by atoms with van der Waals surface area (Å²) in [7, 11) is 0. The highest BCUT2D eigenvalue weighted by Crippen LogP contribution is 2.53. The smallest absolute Gasteiger partial charge is 0.307 e. The minimum atomic E-state index is -0.807. The Morgan fingerprint density at radius 1 is 1.22 bits per heavy atom. The number of hydrogen-bond donors (Lipinski definition) is 0. The summed E-state index contributed by atoms with van der Waals surface area (Å²) >= 11 is 0. The predicted molar refractivity (Wildman–Crippen MR) is 99.8 cm³/mol. The van der Waals surface area contributed by atoms with Crippen LogP contribution in [0.3, 0.4) is 0 Å². The van der Waals surface area contributed by atoms with Crippen LogP contribution in [0.25, 0.3) is 0 Å². The van der Waals surface area contributed by atoms with E-state index < -0.39 is 11.4 Å². The Kier molecular flexibility index (Phi) is 5.31. The lowest BCUT2D eigenvalue weighted by atomic mass is 9.68. The summed E-state index contributed by atoms with van der Waals surface area (Å²) in [4.78, 5) is 37.2. The van der Waals surface area contributed by atoms with Crippen LogP contribution in [0.4, 0.5) is 0 Å². The molecule has 0 radical (unpaired) electrons. The van der Waals surface area contributed by atoms with Crippen molar-refractivity contribution >= 4 is 17.7 Å². The van der Waals surface area contributed by atoms with Crippen LogP contribution in [0.15, 0.2) is 53.3 Å². The van der Waals surface area contributed by atoms with E-state index in [2.05, 4.69) is 0 Å². The summed E-state index contributed by atoms with van der Waals surface area (Å²) in [6.07, 6.45) is 3.16. The SMILES string of the molecule is CC(=O)OC1=C(C(=O)c2ccccc2)CC[C@@H]2OC(=O)C[C@@]12CC=C(C)C. The second-order valence-corrected chi connectivity index (χ2v) is 7.43. The lowest BCUT2D eigenvalue weighted by Gasteiger charge is -2.38. The summed E-state index contributed by atoms with van der Waals surface area (Å²) in [5, 5.41) is 0. The van der Waals surface area contributed by atoms with Crippen molar-refractivity contribution in [1.82, 2.24) is 0 Å². The molecule has 2 atom stereocenters. The predicted octanol–water partition coefficient (Wildman–Crippen LogP) is 4.14. The Balaban J connectivity index is 2.15. The zero-order chi connectivity index (χ0) is 19.6. The van der Waals surface area contributed by atoms with Gasteiger partial charge in [0.1, 0.15) is 11.9 Å². The molecule has 0 aromatic heterocycles. The van der Waals surface area contributed by atoms with E-state index in [-0.39, 0.29) is 24.3 Å². The van der Waals surface area contributed by atoms with Crippen molar-refractivity contribution in [1.29, 1.82) is 0 Å². The molecule has 1 aliphatic carbocycles. The molecule has 1 saturated heterocycles. The molecule has 5 heteroatoms. The van der Waals surface area contributed by atoms with Crippen molar-refractivity contribution in [3.63, 3.8) is 0 Å². The first-order valence-corrected chi connectivity index (χ1v) is 9.18. The van der Waals surface area contributed by atoms with E-state index in [1.165, 1.54) is 6.92 Å². The van der Waals surface area contributed by atoms with Crippen molar-refractivity contribution in [3.05, 3.63) is 58.9 Å². The van der Waals surface area contributed by atoms with Gasteiger partial charge < -0.3 is 9.47 Å². The number of ether oxygens (including phenoxy) is 2. The van der Waals surface area contributed by atoms with Crippen molar-refractivity contribution in [2.24, 2.45) is 5.41 Å². The first-order chi connectivity index (χ1) is 12.8. The number of fused-ring (bicyclic) bond motifs is 1. The maximum Gasteiger partial charge on any atom is 0.307 e. The molecule has 3 rings (SSSR count). The van der Waals surface area contributed by atoms with Gasteiger partial charge in [0.15, 0.2) is 5.78 Å². The summed E-state index contributed by atoms with van der Waals surface area (Å²) < 4.78 is 11.1. The Morgan fingerprint density at radius 2 is 1.93 bits per heavy atom. The van der Waals surface area contributed by atoms with Crippen LogP contribution in [0.1, 0.15) is 56.8 Å². The number of allylic oxidation sites excluding steroid dienone is 3. The van der Waals surface area contributed by atoms with E-state index in [0.717, 1.165) is 5.57 Å². The van der Waals surface area contributed by atoms with E-state index in [4.69, 9.17) is 9.47 Å². The molecule has 1 aliphatic heterocycles. The highest BCUT2D eigenvalue weighted by molar-refractivity contribution is 6.09. The van der Waals surface area contributed by atoms with Crippen molar-refractivity contribution in [2.75, 3.05) is 0 Å². The number of hydrogen-bond acceptors (Lipinski definition) is 5. The molecule has 1 aromatic carbocycles. The van der Waals surface area contributed by atoms with E-state index in [1.54, 1.807) is 24.3 Å². The van der Waals surface area contributed by atoms with Crippen molar-refractivity contribution < 1.29 is 23.9 Å². The number of carbonyl (C=O) groups is 3. The standard InChI is InChI=1S/C22H24O5/c1-14(2)11-12-22-13-19(24)27-18(22)10-9-17(21(22)26-15(3)23)20(25)16-7-5-4-6-8-16/h4-8,11,18H,9-10,12-13H2,1-3H3/t18-,22+/m0/s1. The number of rotatable bonds is 5. The molecular formula is C22H24O5. The third-order valence-electron chi connectivity index (χ3n) is 5.16. The normalized spacial score (nSPS) is 24.1. The van der Waals surface area contributed by atoms with E-state index in [1.807, 2.05) is 26.0 Å². The Morgan fingerprint density at radius 3 is 2.56 bits per heavy atom. The number of ketones is 1. The van der Waals surface area contributed by atoms with Gasteiger partial charge in [0.2, 0.25) is 0 Å². The van der Waals surface area contributed by atoms with E-state index in [0.29, 0.717) is 36.2 Å². The molecule has 27 heavy (non-hydrogen) atoms. The summed E-state index contributed by atoms with van der Waals surface area (Å²) in [6.45, 7) is 5.25. The molecule has 1 aromatic rings. The fraction of sp³-hybridized carbons (Fsp3) is 0.409. The van der Waals surface area contributed by atoms with Crippen LogP contribution in [-0.4, -0.2) is 23.8 Å². The highest BCUT2D eigenvalue weighted by atomic mass is 16.6. The minimum absolute atomic E-state index is 0.107. The third kappa shape index (κ3) is 3.72. The van der Waals surface area contributed by atoms with Crippen molar-refractivity contribution in [2.45, 2.75) is 52.6 Å². The number of Topliss-reactive ketones (excluding diaryl/α,β-unsaturated/α-hetero) is 1. The number of carbonyl (C=O) groups excluding carboxylic acids is 3. The molecule has 5 nitrogen and oxygen atoms in total. The number of benzene rings is 1. The molecule has 0 amide bonds. The Labute approximate surface area is 159 Å². The molecule has 1 heterocycles. The van der Waals surface area contributed by atoms with Gasteiger partial charge in [-0.2, -0.15) is 0 Å². The van der Waals surface area contributed by atoms with Crippen LogP contribution in [0.2, 0.25) is 0 Å². The molecular weight excluding hydrogens is 344 g/mol. The molecule has 2 aliphatic rings. The van der Waals surface area contributed by atoms with Gasteiger partial charge in [0.25, 0.3) is 0 Å². The molecule has 1 fully saturated rings. The van der Waals surface area contributed by atoms with Crippen LogP contribution < -0.4 is 0 Å². The van der Waals surface area contributed by atoms with Crippen LogP contribution in [-0.2, 0) is 19.1 Å². The van der Waals surface area contributed by atoms with Gasteiger partial charge in [-0.3, -0.25) is 14.4 Å². The van der Waals surface area contributed by atoms with Gasteiger partial charge in [0, 0.05) is 18.1 Å². The second-order valence-electron chi connectivity index (χ2n) is 7.43. The Hall–Kier alpha value is -2.69. The molecule has 0 N–H and O–H groups in total. The third-order valence-corrected chi connectivity index (χ3v) is 5.16. The lowest BCUT2D eigenvalue weighted by Crippen LogP contribution is -2.39. The first-order valence-electron chi connectivity index (χ1n) is 9.18. The maximum atomic E-state index is 13.2. The summed E-state index contributed by atoms with van der Waals surface area (Å²) in [5.74, 6) is -0.676. The average Bonchev–Trinajstić information content (AvgIpc) is 2.97. The second kappa shape index (κ2) is 7.51. The van der Waals surface area contributed by atoms with Gasteiger partial charge >= 0.3 is 11.9 Å². The molecule has 0 saturated carbocycles. The molecule has 0 spiro atoms. The van der Waals surface area contributed by atoms with Gasteiger partial charge in [-0.05, 0) is 33.1 Å². The topological polar surface area (TPSA) is 69.7 Å². The highest BCUT2D eigenvalue weighted by Gasteiger charge is 2.56. The average molecular weight is 368 g/mol. The minimum Gasteiger partial charge on any atom is -0.461 e. The number of esters is 2. The fourth-order valence-corrected chi connectivity index (χ4v) is 3.91. The summed E-state index contributed by atoms with van der Waals surface area (Å²) in [5.41, 5.74) is 1.29. The Bertz CT molecular complexity index is 830. The zero-order valence-corrected chi connectivity index (χ0v) is 15.9. The largest absolute Gasteiger partial charge is 0.461 e. The van der Waals surface area contributed by atoms with Crippen molar-refractivity contribution in [3.8, 4) is 0 Å². The molecule has 0 unspecified atom stereocenters. The lowest BCUT2D eigenvalue weighted by molar-refractivity contribution is -0.142. The fourth-order valence-electron chi connectivity index (χ4n) is 3.91. The van der Waals surface area contributed by atoms with E-state index >= 15 is 0 Å². The summed E-state index contributed by atoms with van der Waals surface area (Å²) in [6, 6.07) is 8.92. The van der Waals surface area contributed by atoms with Crippen LogP contribution in [0.5, 0.6) is 0 Å². The molecule has 142 valence electrons. The van der Waals surface area contributed by atoms with Crippen LogP contribution in [0, 0.1) is 5.41 Å². The van der Waals surface area contributed by atoms with E-state index in [9.17, 15) is 14.4 Å². The monoisotopic (exact) mass is 368 g/mol. The first kappa shape index (κ1) is 19.1. The van der Waals surface area contributed by atoms with Gasteiger partial charge in [-0.25, -0.2) is 0 Å². The quantitative estimate of drug-likeness (QED) is 0.444. The van der Waals surface area contributed by atoms with Crippen LogP contribution >= 0.6 is 0 Å². The zero-order valence-electron chi connectivity index (χ0n) is 15.9.